The molecule has 108 valence electrons. The van der Waals surface area contributed by atoms with Crippen LogP contribution in [0.4, 0.5) is 5.69 Å². The Kier molecular flexibility index (Phi) is 4.57. The van der Waals surface area contributed by atoms with Gasteiger partial charge in [0.1, 0.15) is 5.75 Å². The van der Waals surface area contributed by atoms with E-state index in [0.29, 0.717) is 23.4 Å². The summed E-state index contributed by atoms with van der Waals surface area (Å²) in [6.07, 6.45) is 1.27. The van der Waals surface area contributed by atoms with Gasteiger partial charge in [-0.15, -0.1) is 0 Å². The molecule has 0 fully saturated rings. The molecular formula is C14H18N2O4. The number of carbonyl (C=O) groups excluding carboxylic acids is 2. The molecule has 0 aliphatic carbocycles. The fraction of sp³-hybridized carbons (Fsp3) is 0.429. The van der Waals surface area contributed by atoms with Gasteiger partial charge in [0.05, 0.1) is 5.69 Å². The first-order chi connectivity index (χ1) is 9.63. The molecule has 1 unspecified atom stereocenters. The molecule has 0 spiro atoms. The minimum absolute atomic E-state index is 0.00699. The number of rotatable bonds is 5. The zero-order chi connectivity index (χ0) is 14.5. The quantitative estimate of drug-likeness (QED) is 0.747. The highest BCUT2D eigenvalue weighted by Crippen LogP contribution is 2.28. The summed E-state index contributed by atoms with van der Waals surface area (Å²) in [4.78, 5) is 23.4. The van der Waals surface area contributed by atoms with Crippen molar-refractivity contribution in [1.82, 2.24) is 5.32 Å². The number of benzene rings is 1. The second-order valence-corrected chi connectivity index (χ2v) is 4.64. The minimum atomic E-state index is -0.234. The number of amides is 2. The van der Waals surface area contributed by atoms with E-state index < -0.39 is 0 Å². The summed E-state index contributed by atoms with van der Waals surface area (Å²) in [5.74, 6) is 0.0956. The third-order valence-electron chi connectivity index (χ3n) is 3.18. The number of nitrogens with one attached hydrogen (secondary N) is 2. The maximum atomic E-state index is 12.1. The molecule has 0 radical (unpaired) electrons. The largest absolute Gasteiger partial charge is 0.482 e. The van der Waals surface area contributed by atoms with Crippen molar-refractivity contribution < 1.29 is 19.4 Å². The molecule has 2 rings (SSSR count). The van der Waals surface area contributed by atoms with Gasteiger partial charge in [-0.3, -0.25) is 9.59 Å². The summed E-state index contributed by atoms with van der Waals surface area (Å²) >= 11 is 0. The Labute approximate surface area is 117 Å². The van der Waals surface area contributed by atoms with Crippen molar-refractivity contribution in [3.05, 3.63) is 23.8 Å². The van der Waals surface area contributed by atoms with Crippen molar-refractivity contribution in [1.29, 1.82) is 0 Å². The number of anilines is 1. The Morgan fingerprint density at radius 3 is 3.05 bits per heavy atom. The van der Waals surface area contributed by atoms with Gasteiger partial charge in [0, 0.05) is 18.2 Å². The van der Waals surface area contributed by atoms with E-state index in [1.54, 1.807) is 18.2 Å². The highest BCUT2D eigenvalue weighted by molar-refractivity contribution is 5.99. The second-order valence-electron chi connectivity index (χ2n) is 4.64. The summed E-state index contributed by atoms with van der Waals surface area (Å²) in [7, 11) is 0. The molecule has 1 aromatic carbocycles. The lowest BCUT2D eigenvalue weighted by Crippen LogP contribution is -2.35. The summed E-state index contributed by atoms with van der Waals surface area (Å²) < 4.78 is 5.23. The van der Waals surface area contributed by atoms with E-state index in [1.807, 2.05) is 6.92 Å². The lowest BCUT2D eigenvalue weighted by Gasteiger charge is -2.19. The van der Waals surface area contributed by atoms with Crippen LogP contribution in [-0.4, -0.2) is 36.2 Å². The van der Waals surface area contributed by atoms with Crippen molar-refractivity contribution in [3.63, 3.8) is 0 Å². The van der Waals surface area contributed by atoms with Crippen LogP contribution >= 0.6 is 0 Å². The Morgan fingerprint density at radius 1 is 1.55 bits per heavy atom. The lowest BCUT2D eigenvalue weighted by molar-refractivity contribution is -0.118. The Hall–Kier alpha value is -2.08. The fourth-order valence-electron chi connectivity index (χ4n) is 2.03. The molecule has 1 atom stereocenters. The molecule has 3 N–H and O–H groups in total. The van der Waals surface area contributed by atoms with Crippen LogP contribution in [0, 0.1) is 0 Å². The molecule has 2 amide bonds. The first-order valence-electron chi connectivity index (χ1n) is 6.62. The van der Waals surface area contributed by atoms with Crippen molar-refractivity contribution in [3.8, 4) is 5.75 Å². The van der Waals surface area contributed by atoms with E-state index in [1.165, 1.54) is 0 Å². The molecule has 1 heterocycles. The van der Waals surface area contributed by atoms with Crippen LogP contribution in [0.15, 0.2) is 18.2 Å². The van der Waals surface area contributed by atoms with E-state index in [2.05, 4.69) is 10.6 Å². The molecule has 20 heavy (non-hydrogen) atoms. The molecule has 6 heteroatoms. The predicted octanol–water partition coefficient (Wildman–Crippen LogP) is 0.908. The summed E-state index contributed by atoms with van der Waals surface area (Å²) in [6.45, 7) is 1.97. The van der Waals surface area contributed by atoms with Gasteiger partial charge in [0.2, 0.25) is 0 Å². The monoisotopic (exact) mass is 278 g/mol. The van der Waals surface area contributed by atoms with Crippen LogP contribution in [0.5, 0.6) is 5.75 Å². The van der Waals surface area contributed by atoms with Crippen LogP contribution < -0.4 is 15.4 Å². The van der Waals surface area contributed by atoms with Crippen LogP contribution in [0.25, 0.3) is 0 Å². The first kappa shape index (κ1) is 14.3. The maximum Gasteiger partial charge on any atom is 0.262 e. The molecule has 0 saturated carbocycles. The zero-order valence-corrected chi connectivity index (χ0v) is 11.3. The first-order valence-corrected chi connectivity index (χ1v) is 6.62. The minimum Gasteiger partial charge on any atom is -0.482 e. The van der Waals surface area contributed by atoms with Crippen LogP contribution in [0.3, 0.4) is 0 Å². The van der Waals surface area contributed by atoms with Crippen molar-refractivity contribution >= 4 is 17.5 Å². The second kappa shape index (κ2) is 6.38. The molecule has 1 aliphatic heterocycles. The molecular weight excluding hydrogens is 260 g/mol. The standard InChI is InChI=1S/C14H18N2O4/c1-2-10(5-6-17)15-14(19)9-3-4-12-11(7-9)16-13(18)8-20-12/h3-4,7,10,17H,2,5-6,8H2,1H3,(H,15,19)(H,16,18). The summed E-state index contributed by atoms with van der Waals surface area (Å²) in [5.41, 5.74) is 0.954. The number of hydrogen-bond donors (Lipinski definition) is 3. The van der Waals surface area contributed by atoms with E-state index in [0.717, 1.165) is 6.42 Å². The average Bonchev–Trinajstić information content (AvgIpc) is 2.45. The average molecular weight is 278 g/mol. The van der Waals surface area contributed by atoms with Crippen molar-refractivity contribution in [2.75, 3.05) is 18.5 Å². The van der Waals surface area contributed by atoms with Crippen LogP contribution in [-0.2, 0) is 4.79 Å². The van der Waals surface area contributed by atoms with E-state index >= 15 is 0 Å². The Morgan fingerprint density at radius 2 is 2.35 bits per heavy atom. The van der Waals surface area contributed by atoms with Gasteiger partial charge >= 0.3 is 0 Å². The van der Waals surface area contributed by atoms with Gasteiger partial charge in [0.15, 0.2) is 6.61 Å². The number of fused-ring (bicyclic) bond motifs is 1. The van der Waals surface area contributed by atoms with Crippen LogP contribution in [0.1, 0.15) is 30.1 Å². The maximum absolute atomic E-state index is 12.1. The smallest absolute Gasteiger partial charge is 0.262 e. The molecule has 1 aromatic rings. The number of hydrogen-bond acceptors (Lipinski definition) is 4. The van der Waals surface area contributed by atoms with Crippen molar-refractivity contribution in [2.24, 2.45) is 0 Å². The third-order valence-corrected chi connectivity index (χ3v) is 3.18. The fourth-order valence-corrected chi connectivity index (χ4v) is 2.03. The number of aliphatic hydroxyl groups is 1. The SMILES string of the molecule is CCC(CCO)NC(=O)c1ccc2c(c1)NC(=O)CO2. The summed E-state index contributed by atoms with van der Waals surface area (Å²) in [5, 5.41) is 14.4. The summed E-state index contributed by atoms with van der Waals surface area (Å²) in [6, 6.07) is 4.84. The molecule has 1 aliphatic rings. The Bertz CT molecular complexity index is 516. The van der Waals surface area contributed by atoms with Crippen molar-refractivity contribution in [2.45, 2.75) is 25.8 Å². The lowest BCUT2D eigenvalue weighted by atomic mass is 10.1. The number of carbonyl (C=O) groups is 2. The highest BCUT2D eigenvalue weighted by atomic mass is 16.5. The topological polar surface area (TPSA) is 87.7 Å². The van der Waals surface area contributed by atoms with Gasteiger partial charge in [-0.2, -0.15) is 0 Å². The highest BCUT2D eigenvalue weighted by Gasteiger charge is 2.18. The molecule has 0 aromatic heterocycles. The Balaban J connectivity index is 2.10. The van der Waals surface area contributed by atoms with Gasteiger partial charge in [0.25, 0.3) is 11.8 Å². The van der Waals surface area contributed by atoms with E-state index in [-0.39, 0.29) is 31.1 Å². The number of aliphatic hydroxyl groups excluding tert-OH is 1. The van der Waals surface area contributed by atoms with Gasteiger partial charge in [-0.1, -0.05) is 6.92 Å². The van der Waals surface area contributed by atoms with E-state index in [9.17, 15) is 9.59 Å². The normalized spacial score (nSPS) is 14.8. The molecule has 0 bridgehead atoms. The third kappa shape index (κ3) is 3.27. The van der Waals surface area contributed by atoms with Crippen LogP contribution in [0.2, 0.25) is 0 Å². The van der Waals surface area contributed by atoms with E-state index in [4.69, 9.17) is 9.84 Å². The zero-order valence-electron chi connectivity index (χ0n) is 11.3. The molecule has 0 saturated heterocycles. The predicted molar refractivity (Wildman–Crippen MR) is 73.8 cm³/mol. The molecule has 6 nitrogen and oxygen atoms in total. The van der Waals surface area contributed by atoms with Gasteiger partial charge in [-0.05, 0) is 31.0 Å². The van der Waals surface area contributed by atoms with Gasteiger partial charge < -0.3 is 20.5 Å². The number of ether oxygens (including phenoxy) is 1. The van der Waals surface area contributed by atoms with Gasteiger partial charge in [-0.25, -0.2) is 0 Å².